The van der Waals surface area contributed by atoms with E-state index in [9.17, 15) is 22.8 Å². The molecular formula is C22H24F3N2O3+. The highest BCUT2D eigenvalue weighted by atomic mass is 19.4. The van der Waals surface area contributed by atoms with E-state index in [0.29, 0.717) is 37.3 Å². The first-order valence-electron chi connectivity index (χ1n) is 9.90. The number of H-pyrrole nitrogens is 1. The molecule has 0 bridgehead atoms. The number of aromatic nitrogens is 1. The van der Waals surface area contributed by atoms with Crippen molar-refractivity contribution in [2.75, 3.05) is 24.6 Å². The molecule has 30 heavy (non-hydrogen) atoms. The number of hydrogen-bond donors (Lipinski definition) is 0. The number of nitrogens with zero attached hydrogens (tertiary/aromatic N) is 1. The molecule has 0 aliphatic carbocycles. The van der Waals surface area contributed by atoms with Gasteiger partial charge in [0.1, 0.15) is 6.20 Å². The topological polar surface area (TPSA) is 60.8 Å². The van der Waals surface area contributed by atoms with Crippen LogP contribution >= 0.6 is 0 Å². The van der Waals surface area contributed by atoms with E-state index in [2.05, 4.69) is 4.98 Å². The zero-order valence-corrected chi connectivity index (χ0v) is 16.7. The van der Waals surface area contributed by atoms with Gasteiger partial charge in [-0.05, 0) is 30.9 Å². The molecule has 0 atom stereocenters. The number of ether oxygens (including phenoxy) is 1. The van der Waals surface area contributed by atoms with Crippen LogP contribution in [0.4, 0.5) is 19.0 Å². The number of carbonyl (C=O) groups excluding carboxylic acids is 2. The Morgan fingerprint density at radius 2 is 1.77 bits per heavy atom. The van der Waals surface area contributed by atoms with Crippen molar-refractivity contribution in [3.63, 3.8) is 0 Å². The number of anilines is 1. The zero-order valence-electron chi connectivity index (χ0n) is 16.7. The van der Waals surface area contributed by atoms with Crippen LogP contribution in [0.5, 0.6) is 0 Å². The van der Waals surface area contributed by atoms with Gasteiger partial charge in [0.25, 0.3) is 5.82 Å². The molecule has 0 spiro atoms. The summed E-state index contributed by atoms with van der Waals surface area (Å²) < 4.78 is 43.2. The molecule has 1 N–H and O–H groups in total. The SMILES string of the molecule is CCc1ccc(C(=O)COC(=O)C2CCN(c3ccc(C(F)(F)F)c[nH+]3)CC2)cc1. The van der Waals surface area contributed by atoms with E-state index < -0.39 is 17.7 Å². The van der Waals surface area contributed by atoms with Crippen molar-refractivity contribution in [1.29, 1.82) is 0 Å². The minimum absolute atomic E-state index is 0.247. The quantitative estimate of drug-likeness (QED) is 0.527. The van der Waals surface area contributed by atoms with Crippen LogP contribution in [0, 0.1) is 5.92 Å². The monoisotopic (exact) mass is 421 g/mol. The molecular weight excluding hydrogens is 397 g/mol. The summed E-state index contributed by atoms with van der Waals surface area (Å²) in [6, 6.07) is 9.64. The number of alkyl halides is 3. The summed E-state index contributed by atoms with van der Waals surface area (Å²) in [5.41, 5.74) is 0.895. The lowest BCUT2D eigenvalue weighted by Crippen LogP contribution is -2.39. The lowest BCUT2D eigenvalue weighted by Gasteiger charge is -2.26. The number of nitrogens with one attached hydrogen (secondary N) is 1. The van der Waals surface area contributed by atoms with Crippen LogP contribution in [0.2, 0.25) is 0 Å². The summed E-state index contributed by atoms with van der Waals surface area (Å²) in [5.74, 6) is -0.418. The molecule has 1 aromatic heterocycles. The van der Waals surface area contributed by atoms with Crippen molar-refractivity contribution in [2.24, 2.45) is 5.92 Å². The molecule has 160 valence electrons. The fourth-order valence-corrected chi connectivity index (χ4v) is 3.41. The predicted molar refractivity (Wildman–Crippen MR) is 104 cm³/mol. The van der Waals surface area contributed by atoms with E-state index in [1.54, 1.807) is 12.1 Å². The van der Waals surface area contributed by atoms with Gasteiger partial charge in [0.2, 0.25) is 0 Å². The van der Waals surface area contributed by atoms with E-state index in [1.165, 1.54) is 6.07 Å². The van der Waals surface area contributed by atoms with Crippen LogP contribution in [-0.2, 0) is 22.1 Å². The molecule has 5 nitrogen and oxygen atoms in total. The summed E-state index contributed by atoms with van der Waals surface area (Å²) in [7, 11) is 0. The molecule has 1 fully saturated rings. The number of ketones is 1. The van der Waals surface area contributed by atoms with Crippen molar-refractivity contribution in [3.05, 3.63) is 59.3 Å². The summed E-state index contributed by atoms with van der Waals surface area (Å²) in [5, 5.41) is 0. The minimum atomic E-state index is -4.39. The molecule has 2 heterocycles. The Kier molecular flexibility index (Phi) is 6.74. The molecule has 0 amide bonds. The standard InChI is InChI=1S/C22H23F3N2O3/c1-2-15-3-5-16(6-4-15)19(28)14-30-21(29)17-9-11-27(12-10-17)20-8-7-18(13-26-20)22(23,24)25/h3-8,13,17H,2,9-12,14H2,1H3/p+1. The maximum atomic E-state index is 12.7. The molecule has 3 rings (SSSR count). The van der Waals surface area contributed by atoms with Gasteiger partial charge in [-0.2, -0.15) is 13.2 Å². The number of aryl methyl sites for hydroxylation is 1. The van der Waals surface area contributed by atoms with Crippen molar-refractivity contribution >= 4 is 17.6 Å². The van der Waals surface area contributed by atoms with Crippen LogP contribution in [0.25, 0.3) is 0 Å². The molecule has 1 aromatic carbocycles. The molecule has 2 aromatic rings. The normalized spacial score (nSPS) is 15.1. The summed E-state index contributed by atoms with van der Waals surface area (Å²) in [6.07, 6.45) is -1.55. The summed E-state index contributed by atoms with van der Waals surface area (Å²) >= 11 is 0. The first kappa shape index (κ1) is 21.8. The number of esters is 1. The first-order chi connectivity index (χ1) is 14.3. The molecule has 8 heteroatoms. The zero-order chi connectivity index (χ0) is 21.7. The Morgan fingerprint density at radius 3 is 2.30 bits per heavy atom. The van der Waals surface area contributed by atoms with Gasteiger partial charge in [0, 0.05) is 11.6 Å². The van der Waals surface area contributed by atoms with Crippen LogP contribution in [0.15, 0.2) is 42.6 Å². The van der Waals surface area contributed by atoms with Gasteiger partial charge in [0.15, 0.2) is 12.4 Å². The molecule has 1 saturated heterocycles. The Hall–Kier alpha value is -2.90. The van der Waals surface area contributed by atoms with E-state index in [-0.39, 0.29) is 18.3 Å². The molecule has 1 aliphatic heterocycles. The maximum Gasteiger partial charge on any atom is 0.419 e. The van der Waals surface area contributed by atoms with Gasteiger partial charge < -0.3 is 4.74 Å². The third-order valence-corrected chi connectivity index (χ3v) is 5.32. The second kappa shape index (κ2) is 9.28. The largest absolute Gasteiger partial charge is 0.457 e. The van der Waals surface area contributed by atoms with Gasteiger partial charge in [-0.1, -0.05) is 31.2 Å². The highest BCUT2D eigenvalue weighted by Gasteiger charge is 2.34. The lowest BCUT2D eigenvalue weighted by molar-refractivity contribution is -0.367. The fraction of sp³-hybridized carbons (Fsp3) is 0.409. The van der Waals surface area contributed by atoms with Crippen LogP contribution in [-0.4, -0.2) is 31.4 Å². The number of pyridine rings is 1. The van der Waals surface area contributed by atoms with Crippen LogP contribution in [0.3, 0.4) is 0 Å². The fourth-order valence-electron chi connectivity index (χ4n) is 3.41. The molecule has 0 saturated carbocycles. The van der Waals surface area contributed by atoms with Crippen molar-refractivity contribution < 1.29 is 32.5 Å². The highest BCUT2D eigenvalue weighted by molar-refractivity contribution is 5.98. The minimum Gasteiger partial charge on any atom is -0.457 e. The number of hydrogen-bond acceptors (Lipinski definition) is 4. The predicted octanol–water partition coefficient (Wildman–Crippen LogP) is 3.72. The number of halogens is 3. The van der Waals surface area contributed by atoms with E-state index in [1.807, 2.05) is 24.0 Å². The Morgan fingerprint density at radius 1 is 1.10 bits per heavy atom. The van der Waals surface area contributed by atoms with Crippen molar-refractivity contribution in [3.8, 4) is 0 Å². The second-order valence-corrected chi connectivity index (χ2v) is 7.30. The first-order valence-corrected chi connectivity index (χ1v) is 9.90. The number of aromatic amines is 1. The Bertz CT molecular complexity index is 872. The van der Waals surface area contributed by atoms with Gasteiger partial charge >= 0.3 is 12.1 Å². The molecule has 0 unspecified atom stereocenters. The van der Waals surface area contributed by atoms with Crippen LogP contribution < -0.4 is 9.88 Å². The van der Waals surface area contributed by atoms with Crippen molar-refractivity contribution in [2.45, 2.75) is 32.4 Å². The van der Waals surface area contributed by atoms with Gasteiger partial charge in [0.05, 0.1) is 24.6 Å². The number of Topliss-reactive ketones (excluding diaryl/α,β-unsaturated/α-hetero) is 1. The Labute approximate surface area is 172 Å². The van der Waals surface area contributed by atoms with Gasteiger partial charge in [-0.3, -0.25) is 14.5 Å². The average Bonchev–Trinajstić information content (AvgIpc) is 2.77. The summed E-state index contributed by atoms with van der Waals surface area (Å²) in [6.45, 7) is 2.75. The highest BCUT2D eigenvalue weighted by Crippen LogP contribution is 2.29. The summed E-state index contributed by atoms with van der Waals surface area (Å²) in [4.78, 5) is 29.1. The van der Waals surface area contributed by atoms with Crippen molar-refractivity contribution in [1.82, 2.24) is 0 Å². The second-order valence-electron chi connectivity index (χ2n) is 7.30. The number of piperidine rings is 1. The number of rotatable bonds is 6. The lowest BCUT2D eigenvalue weighted by atomic mass is 9.97. The van der Waals surface area contributed by atoms with E-state index >= 15 is 0 Å². The van der Waals surface area contributed by atoms with Gasteiger partial charge in [-0.15, -0.1) is 0 Å². The molecule has 0 radical (unpaired) electrons. The number of benzene rings is 1. The average molecular weight is 421 g/mol. The van der Waals surface area contributed by atoms with E-state index in [4.69, 9.17) is 4.74 Å². The third-order valence-electron chi connectivity index (χ3n) is 5.32. The molecule has 1 aliphatic rings. The Balaban J connectivity index is 1.47. The third kappa shape index (κ3) is 5.37. The number of carbonyl (C=O) groups is 2. The van der Waals surface area contributed by atoms with Crippen LogP contribution in [0.1, 0.15) is 41.3 Å². The maximum absolute atomic E-state index is 12.7. The van der Waals surface area contributed by atoms with E-state index in [0.717, 1.165) is 24.2 Å². The smallest absolute Gasteiger partial charge is 0.419 e. The van der Waals surface area contributed by atoms with Gasteiger partial charge in [-0.25, -0.2) is 4.98 Å².